The second-order valence-electron chi connectivity index (χ2n) is 4.39. The van der Waals surface area contributed by atoms with Crippen molar-refractivity contribution in [1.29, 1.82) is 0 Å². The molecule has 1 fully saturated rings. The summed E-state index contributed by atoms with van der Waals surface area (Å²) in [6.07, 6.45) is 0. The lowest BCUT2D eigenvalue weighted by molar-refractivity contribution is 0.197. The lowest BCUT2D eigenvalue weighted by Gasteiger charge is -2.33. The molecule has 1 aromatic carbocycles. The molecule has 0 bridgehead atoms. The Hall–Kier alpha value is -0.690. The number of hydrogen-bond donors (Lipinski definition) is 0. The van der Waals surface area contributed by atoms with Crippen molar-refractivity contribution in [2.45, 2.75) is 4.90 Å². The van der Waals surface area contributed by atoms with Crippen LogP contribution in [0.1, 0.15) is 0 Å². The van der Waals surface area contributed by atoms with E-state index < -0.39 is 15.8 Å². The van der Waals surface area contributed by atoms with Crippen molar-refractivity contribution in [2.24, 2.45) is 0 Å². The van der Waals surface area contributed by atoms with Crippen molar-refractivity contribution in [2.75, 3.05) is 38.6 Å². The SMILES string of the molecule is O=S(=O)(c1ccc(F)cc1)N1CCN(CCCl)CC1. The van der Waals surface area contributed by atoms with Gasteiger partial charge in [-0.05, 0) is 24.3 Å². The van der Waals surface area contributed by atoms with Crippen molar-refractivity contribution < 1.29 is 12.8 Å². The summed E-state index contributed by atoms with van der Waals surface area (Å²) in [5.74, 6) is 0.107. The first-order valence-electron chi connectivity index (χ1n) is 6.08. The third-order valence-electron chi connectivity index (χ3n) is 3.18. The van der Waals surface area contributed by atoms with E-state index in [2.05, 4.69) is 4.90 Å². The number of alkyl halides is 1. The van der Waals surface area contributed by atoms with E-state index in [4.69, 9.17) is 11.6 Å². The molecule has 0 amide bonds. The van der Waals surface area contributed by atoms with E-state index in [1.54, 1.807) is 0 Å². The molecule has 19 heavy (non-hydrogen) atoms. The second-order valence-corrected chi connectivity index (χ2v) is 6.70. The van der Waals surface area contributed by atoms with E-state index in [1.165, 1.54) is 16.4 Å². The van der Waals surface area contributed by atoms with Gasteiger partial charge in [0.15, 0.2) is 0 Å². The molecule has 1 heterocycles. The van der Waals surface area contributed by atoms with Gasteiger partial charge in [0.05, 0.1) is 4.90 Å². The van der Waals surface area contributed by atoms with E-state index in [-0.39, 0.29) is 4.90 Å². The van der Waals surface area contributed by atoms with Gasteiger partial charge in [-0.3, -0.25) is 4.90 Å². The average Bonchev–Trinajstić information content (AvgIpc) is 2.40. The van der Waals surface area contributed by atoms with Crippen LogP contribution in [-0.4, -0.2) is 56.2 Å². The maximum Gasteiger partial charge on any atom is 0.243 e. The van der Waals surface area contributed by atoms with Crippen LogP contribution in [-0.2, 0) is 10.0 Å². The Morgan fingerprint density at radius 1 is 1.11 bits per heavy atom. The van der Waals surface area contributed by atoms with Gasteiger partial charge < -0.3 is 0 Å². The highest BCUT2D eigenvalue weighted by molar-refractivity contribution is 7.89. The van der Waals surface area contributed by atoms with Crippen LogP contribution in [0.3, 0.4) is 0 Å². The zero-order valence-corrected chi connectivity index (χ0v) is 12.0. The Labute approximate surface area is 117 Å². The largest absolute Gasteiger partial charge is 0.300 e. The van der Waals surface area contributed by atoms with Crippen LogP contribution in [0.4, 0.5) is 4.39 Å². The Bertz CT molecular complexity index is 513. The van der Waals surface area contributed by atoms with Crippen LogP contribution in [0.25, 0.3) is 0 Å². The molecule has 4 nitrogen and oxygen atoms in total. The molecule has 0 spiro atoms. The van der Waals surface area contributed by atoms with E-state index in [1.807, 2.05) is 0 Å². The number of benzene rings is 1. The minimum absolute atomic E-state index is 0.139. The first kappa shape index (κ1) is 14.7. The van der Waals surface area contributed by atoms with Gasteiger partial charge in [0.2, 0.25) is 10.0 Å². The summed E-state index contributed by atoms with van der Waals surface area (Å²) < 4.78 is 38.9. The molecule has 0 saturated carbocycles. The molecule has 0 atom stereocenters. The summed E-state index contributed by atoms with van der Waals surface area (Å²) in [7, 11) is -3.51. The van der Waals surface area contributed by atoms with Gasteiger partial charge >= 0.3 is 0 Å². The fourth-order valence-corrected chi connectivity index (χ4v) is 3.73. The molecule has 1 aromatic rings. The maximum absolute atomic E-state index is 12.8. The molecule has 0 aromatic heterocycles. The van der Waals surface area contributed by atoms with Gasteiger partial charge in [-0.25, -0.2) is 12.8 Å². The van der Waals surface area contributed by atoms with Gasteiger partial charge in [-0.2, -0.15) is 4.31 Å². The Morgan fingerprint density at radius 3 is 2.21 bits per heavy atom. The first-order valence-corrected chi connectivity index (χ1v) is 8.05. The van der Waals surface area contributed by atoms with Gasteiger partial charge in [0, 0.05) is 38.6 Å². The predicted octanol–water partition coefficient (Wildman–Crippen LogP) is 1.37. The van der Waals surface area contributed by atoms with Crippen molar-refractivity contribution >= 4 is 21.6 Å². The van der Waals surface area contributed by atoms with Crippen molar-refractivity contribution in [3.8, 4) is 0 Å². The number of rotatable bonds is 4. The van der Waals surface area contributed by atoms with Gasteiger partial charge in [0.25, 0.3) is 0 Å². The summed E-state index contributed by atoms with van der Waals surface area (Å²) >= 11 is 5.66. The molecule has 1 aliphatic heterocycles. The predicted molar refractivity (Wildman–Crippen MR) is 72.3 cm³/mol. The summed E-state index contributed by atoms with van der Waals surface area (Å²) in [5.41, 5.74) is 0. The summed E-state index contributed by atoms with van der Waals surface area (Å²) in [5, 5.41) is 0. The second kappa shape index (κ2) is 6.17. The Morgan fingerprint density at radius 2 is 1.68 bits per heavy atom. The van der Waals surface area contributed by atoms with E-state index in [9.17, 15) is 12.8 Å². The average molecular weight is 307 g/mol. The molecular weight excluding hydrogens is 291 g/mol. The summed E-state index contributed by atoms with van der Waals surface area (Å²) in [6.45, 7) is 3.00. The number of sulfonamides is 1. The molecule has 0 radical (unpaired) electrons. The fraction of sp³-hybridized carbons (Fsp3) is 0.500. The topological polar surface area (TPSA) is 40.6 Å². The van der Waals surface area contributed by atoms with Crippen LogP contribution in [0.2, 0.25) is 0 Å². The summed E-state index contributed by atoms with van der Waals surface area (Å²) in [4.78, 5) is 2.27. The fourth-order valence-electron chi connectivity index (χ4n) is 2.07. The number of piperazine rings is 1. The van der Waals surface area contributed by atoms with Crippen molar-refractivity contribution in [3.63, 3.8) is 0 Å². The van der Waals surface area contributed by atoms with Crippen LogP contribution >= 0.6 is 11.6 Å². The van der Waals surface area contributed by atoms with Crippen LogP contribution in [0.5, 0.6) is 0 Å². The third-order valence-corrected chi connectivity index (χ3v) is 5.27. The van der Waals surface area contributed by atoms with Gasteiger partial charge in [-0.15, -0.1) is 11.6 Å². The minimum atomic E-state index is -3.51. The highest BCUT2D eigenvalue weighted by Gasteiger charge is 2.28. The highest BCUT2D eigenvalue weighted by atomic mass is 35.5. The Kier molecular flexibility index (Phi) is 4.78. The van der Waals surface area contributed by atoms with Gasteiger partial charge in [-0.1, -0.05) is 0 Å². The molecule has 7 heteroatoms. The van der Waals surface area contributed by atoms with Crippen molar-refractivity contribution in [3.05, 3.63) is 30.1 Å². The molecule has 1 saturated heterocycles. The van der Waals surface area contributed by atoms with Crippen LogP contribution < -0.4 is 0 Å². The number of halogens is 2. The minimum Gasteiger partial charge on any atom is -0.300 e. The molecular formula is C12H16ClFN2O2S. The Balaban J connectivity index is 2.07. The van der Waals surface area contributed by atoms with E-state index in [0.29, 0.717) is 32.1 Å². The normalized spacial score (nSPS) is 18.6. The monoisotopic (exact) mass is 306 g/mol. The van der Waals surface area contributed by atoms with Crippen molar-refractivity contribution in [1.82, 2.24) is 9.21 Å². The smallest absolute Gasteiger partial charge is 0.243 e. The zero-order valence-electron chi connectivity index (χ0n) is 10.4. The summed E-state index contributed by atoms with van der Waals surface area (Å²) in [6, 6.07) is 4.93. The van der Waals surface area contributed by atoms with Crippen LogP contribution in [0, 0.1) is 5.82 Å². The third kappa shape index (κ3) is 3.45. The lowest BCUT2D eigenvalue weighted by Crippen LogP contribution is -2.48. The first-order chi connectivity index (χ1) is 9.04. The van der Waals surface area contributed by atoms with Crippen LogP contribution in [0.15, 0.2) is 29.2 Å². The molecule has 1 aliphatic rings. The molecule has 0 N–H and O–H groups in total. The standard InChI is InChI=1S/C12H16ClFN2O2S/c13-5-6-15-7-9-16(10-8-15)19(17,18)12-3-1-11(14)2-4-12/h1-4H,5-10H2. The maximum atomic E-state index is 12.8. The molecule has 106 valence electrons. The zero-order chi connectivity index (χ0) is 13.9. The molecule has 2 rings (SSSR count). The van der Waals surface area contributed by atoms with E-state index in [0.717, 1.165) is 18.7 Å². The molecule has 0 unspecified atom stereocenters. The lowest BCUT2D eigenvalue weighted by atomic mass is 10.3. The highest BCUT2D eigenvalue weighted by Crippen LogP contribution is 2.17. The van der Waals surface area contributed by atoms with Gasteiger partial charge in [0.1, 0.15) is 5.82 Å². The quantitative estimate of drug-likeness (QED) is 0.789. The molecule has 0 aliphatic carbocycles. The number of nitrogens with zero attached hydrogens (tertiary/aromatic N) is 2. The van der Waals surface area contributed by atoms with E-state index >= 15 is 0 Å². The number of hydrogen-bond acceptors (Lipinski definition) is 3.